The highest BCUT2D eigenvalue weighted by Gasteiger charge is 2.13. The molecule has 3 rings (SSSR count). The average molecular weight is 532 g/mol. The summed E-state index contributed by atoms with van der Waals surface area (Å²) in [6.07, 6.45) is 1.47. The number of rotatable bonds is 6. The van der Waals surface area contributed by atoms with Gasteiger partial charge in [0, 0.05) is 14.5 Å². The second-order valence-electron chi connectivity index (χ2n) is 6.02. The van der Waals surface area contributed by atoms with Crippen LogP contribution in [0.4, 0.5) is 0 Å². The Balaban J connectivity index is 1.68. The van der Waals surface area contributed by atoms with Crippen molar-refractivity contribution in [2.75, 3.05) is 7.11 Å². The normalized spacial score (nSPS) is 10.6. The number of ether oxygens (including phenoxy) is 2. The monoisotopic (exact) mass is 530 g/mol. The molecule has 0 atom stereocenters. The van der Waals surface area contributed by atoms with Crippen LogP contribution in [-0.2, 0) is 0 Å². The Labute approximate surface area is 190 Å². The van der Waals surface area contributed by atoms with E-state index in [9.17, 15) is 9.59 Å². The zero-order valence-electron chi connectivity index (χ0n) is 15.8. The highest BCUT2D eigenvalue weighted by atomic mass is 79.9. The van der Waals surface area contributed by atoms with E-state index in [0.29, 0.717) is 22.4 Å². The van der Waals surface area contributed by atoms with Gasteiger partial charge in [0.15, 0.2) is 11.5 Å². The Morgan fingerprint density at radius 2 is 1.57 bits per heavy atom. The van der Waals surface area contributed by atoms with Crippen molar-refractivity contribution in [3.63, 3.8) is 0 Å². The van der Waals surface area contributed by atoms with E-state index in [-0.39, 0.29) is 11.7 Å². The second-order valence-corrected chi connectivity index (χ2v) is 7.85. The number of nitrogens with one attached hydrogen (secondary N) is 1. The van der Waals surface area contributed by atoms with Gasteiger partial charge in [-0.25, -0.2) is 10.2 Å². The molecule has 30 heavy (non-hydrogen) atoms. The van der Waals surface area contributed by atoms with E-state index in [4.69, 9.17) is 9.47 Å². The van der Waals surface area contributed by atoms with Gasteiger partial charge < -0.3 is 9.47 Å². The third kappa shape index (κ3) is 5.77. The molecule has 0 fully saturated rings. The summed E-state index contributed by atoms with van der Waals surface area (Å²) in [5.41, 5.74) is 4.01. The molecule has 0 aliphatic rings. The van der Waals surface area contributed by atoms with Gasteiger partial charge in [-0.3, -0.25) is 4.79 Å². The van der Waals surface area contributed by atoms with E-state index in [1.54, 1.807) is 54.6 Å². The minimum Gasteiger partial charge on any atom is -0.493 e. The zero-order chi connectivity index (χ0) is 21.5. The third-order valence-corrected chi connectivity index (χ3v) is 4.90. The Hall–Kier alpha value is -2.97. The maximum Gasteiger partial charge on any atom is 0.343 e. The molecular formula is C22H16Br2N2O4. The number of nitrogens with zero attached hydrogens (tertiary/aromatic N) is 1. The summed E-state index contributed by atoms with van der Waals surface area (Å²) in [6.45, 7) is 0. The summed E-state index contributed by atoms with van der Waals surface area (Å²) in [4.78, 5) is 24.5. The SMILES string of the molecule is COc1cc(/C=N/NC(=O)c2cccc(Br)c2)ccc1OC(=O)c1cccc(Br)c1. The highest BCUT2D eigenvalue weighted by molar-refractivity contribution is 9.10. The Kier molecular flexibility index (Phi) is 7.37. The Bertz CT molecular complexity index is 1120. The van der Waals surface area contributed by atoms with Gasteiger partial charge in [0.05, 0.1) is 18.9 Å². The summed E-state index contributed by atoms with van der Waals surface area (Å²) in [5, 5.41) is 3.96. The predicted octanol–water partition coefficient (Wildman–Crippen LogP) is 5.20. The van der Waals surface area contributed by atoms with Crippen LogP contribution in [0.3, 0.4) is 0 Å². The van der Waals surface area contributed by atoms with E-state index in [1.165, 1.54) is 13.3 Å². The number of hydrogen-bond donors (Lipinski definition) is 1. The molecule has 1 amide bonds. The molecule has 0 aliphatic heterocycles. The van der Waals surface area contributed by atoms with Gasteiger partial charge in [0.25, 0.3) is 5.91 Å². The number of carbonyl (C=O) groups excluding carboxylic acids is 2. The van der Waals surface area contributed by atoms with Gasteiger partial charge in [0.1, 0.15) is 0 Å². The summed E-state index contributed by atoms with van der Waals surface area (Å²) < 4.78 is 12.3. The fourth-order valence-electron chi connectivity index (χ4n) is 2.48. The molecule has 152 valence electrons. The van der Waals surface area contributed by atoms with Crippen molar-refractivity contribution < 1.29 is 19.1 Å². The van der Waals surface area contributed by atoms with Crippen molar-refractivity contribution in [1.29, 1.82) is 0 Å². The first-order valence-corrected chi connectivity index (χ1v) is 10.3. The molecule has 0 aromatic heterocycles. The summed E-state index contributed by atoms with van der Waals surface area (Å²) >= 11 is 6.65. The molecule has 8 heteroatoms. The number of carbonyl (C=O) groups is 2. The van der Waals surface area contributed by atoms with Crippen molar-refractivity contribution in [3.05, 3.63) is 92.4 Å². The van der Waals surface area contributed by atoms with Crippen LogP contribution in [0.1, 0.15) is 26.3 Å². The lowest BCUT2D eigenvalue weighted by Gasteiger charge is -2.10. The molecular weight excluding hydrogens is 516 g/mol. The van der Waals surface area contributed by atoms with Gasteiger partial charge in [-0.1, -0.05) is 44.0 Å². The number of benzene rings is 3. The van der Waals surface area contributed by atoms with Gasteiger partial charge in [-0.15, -0.1) is 0 Å². The van der Waals surface area contributed by atoms with E-state index < -0.39 is 5.97 Å². The summed E-state index contributed by atoms with van der Waals surface area (Å²) in [5.74, 6) is -0.199. The molecule has 0 aliphatic carbocycles. The maximum atomic E-state index is 12.3. The Morgan fingerprint density at radius 3 is 2.23 bits per heavy atom. The number of methoxy groups -OCH3 is 1. The van der Waals surface area contributed by atoms with Crippen LogP contribution in [-0.4, -0.2) is 25.2 Å². The number of hydrogen-bond acceptors (Lipinski definition) is 5. The lowest BCUT2D eigenvalue weighted by Crippen LogP contribution is -2.17. The average Bonchev–Trinajstić information content (AvgIpc) is 2.74. The van der Waals surface area contributed by atoms with E-state index in [2.05, 4.69) is 42.4 Å². The van der Waals surface area contributed by atoms with Crippen LogP contribution < -0.4 is 14.9 Å². The smallest absolute Gasteiger partial charge is 0.343 e. The van der Waals surface area contributed by atoms with Crippen LogP contribution in [0.2, 0.25) is 0 Å². The second kappa shape index (κ2) is 10.2. The van der Waals surface area contributed by atoms with E-state index >= 15 is 0 Å². The fourth-order valence-corrected chi connectivity index (χ4v) is 3.28. The van der Waals surface area contributed by atoms with Crippen LogP contribution in [0.5, 0.6) is 11.5 Å². The summed E-state index contributed by atoms with van der Waals surface area (Å²) in [6, 6.07) is 18.8. The largest absolute Gasteiger partial charge is 0.493 e. The van der Waals surface area contributed by atoms with E-state index in [1.807, 2.05) is 12.1 Å². The molecule has 3 aromatic carbocycles. The topological polar surface area (TPSA) is 77.0 Å². The van der Waals surface area contributed by atoms with Crippen molar-refractivity contribution >= 4 is 50.0 Å². The first kappa shape index (κ1) is 21.7. The quantitative estimate of drug-likeness (QED) is 0.205. The van der Waals surface area contributed by atoms with Crippen molar-refractivity contribution in [3.8, 4) is 11.5 Å². The first-order valence-electron chi connectivity index (χ1n) is 8.71. The predicted molar refractivity (Wildman–Crippen MR) is 121 cm³/mol. The molecule has 0 unspecified atom stereocenters. The first-order chi connectivity index (χ1) is 14.5. The standard InChI is InChI=1S/C22H16Br2N2O4/c1-29-20-10-14(13-25-26-21(27)15-4-2-6-17(23)11-15)8-9-19(20)30-22(28)16-5-3-7-18(24)12-16/h2-13H,1H3,(H,26,27)/b25-13+. The van der Waals surface area contributed by atoms with Gasteiger partial charge in [-0.2, -0.15) is 5.10 Å². The van der Waals surface area contributed by atoms with Gasteiger partial charge in [-0.05, 0) is 60.2 Å². The maximum absolute atomic E-state index is 12.3. The van der Waals surface area contributed by atoms with Crippen molar-refractivity contribution in [2.45, 2.75) is 0 Å². The Morgan fingerprint density at radius 1 is 0.900 bits per heavy atom. The molecule has 1 N–H and O–H groups in total. The molecule has 0 saturated heterocycles. The number of esters is 1. The number of halogens is 2. The van der Waals surface area contributed by atoms with Crippen LogP contribution in [0.25, 0.3) is 0 Å². The third-order valence-electron chi connectivity index (χ3n) is 3.92. The minimum absolute atomic E-state index is 0.276. The lowest BCUT2D eigenvalue weighted by molar-refractivity contribution is 0.0729. The summed E-state index contributed by atoms with van der Waals surface area (Å²) in [7, 11) is 1.47. The van der Waals surface area contributed by atoms with Crippen LogP contribution >= 0.6 is 31.9 Å². The molecule has 6 nitrogen and oxygen atoms in total. The molecule has 0 spiro atoms. The van der Waals surface area contributed by atoms with Crippen LogP contribution in [0.15, 0.2) is 80.8 Å². The van der Waals surface area contributed by atoms with Crippen molar-refractivity contribution in [2.24, 2.45) is 5.10 Å². The molecule has 3 aromatic rings. The number of amides is 1. The van der Waals surface area contributed by atoms with Gasteiger partial charge in [0.2, 0.25) is 0 Å². The molecule has 0 radical (unpaired) electrons. The highest BCUT2D eigenvalue weighted by Crippen LogP contribution is 2.28. The molecule has 0 heterocycles. The fraction of sp³-hybridized carbons (Fsp3) is 0.0455. The minimum atomic E-state index is -0.502. The number of hydrazone groups is 1. The lowest BCUT2D eigenvalue weighted by atomic mass is 10.2. The molecule has 0 saturated carbocycles. The molecule has 0 bridgehead atoms. The van der Waals surface area contributed by atoms with E-state index in [0.717, 1.165) is 8.95 Å². The van der Waals surface area contributed by atoms with Crippen molar-refractivity contribution in [1.82, 2.24) is 5.43 Å². The zero-order valence-corrected chi connectivity index (χ0v) is 18.9. The van der Waals surface area contributed by atoms with Crippen LogP contribution in [0, 0.1) is 0 Å². The van der Waals surface area contributed by atoms with Gasteiger partial charge >= 0.3 is 5.97 Å².